The number of hydrogen-bond donors (Lipinski definition) is 1. The third-order valence-electron chi connectivity index (χ3n) is 4.90. The highest BCUT2D eigenvalue weighted by atomic mass is 15.1. The van der Waals surface area contributed by atoms with Gasteiger partial charge in [0.1, 0.15) is 0 Å². The van der Waals surface area contributed by atoms with Gasteiger partial charge in [0.25, 0.3) is 0 Å². The molecule has 2 heteroatoms. The lowest BCUT2D eigenvalue weighted by molar-refractivity contribution is 0.280. The van der Waals surface area contributed by atoms with Gasteiger partial charge in [0, 0.05) is 19.6 Å². The highest BCUT2D eigenvalue weighted by molar-refractivity contribution is 4.96. The van der Waals surface area contributed by atoms with Crippen LogP contribution in [-0.2, 0) is 0 Å². The van der Waals surface area contributed by atoms with Gasteiger partial charge in [-0.15, -0.1) is 0 Å². The molecule has 0 spiro atoms. The summed E-state index contributed by atoms with van der Waals surface area (Å²) in [5.41, 5.74) is 0.571. The van der Waals surface area contributed by atoms with Crippen LogP contribution in [-0.4, -0.2) is 31.1 Å². The molecule has 110 valence electrons. The van der Waals surface area contributed by atoms with E-state index in [4.69, 9.17) is 0 Å². The van der Waals surface area contributed by atoms with E-state index in [1.165, 1.54) is 84.0 Å². The molecule has 1 atom stereocenters. The van der Waals surface area contributed by atoms with Gasteiger partial charge in [-0.2, -0.15) is 0 Å². The first-order chi connectivity index (χ1) is 9.35. The zero-order valence-corrected chi connectivity index (χ0v) is 12.8. The molecule has 2 aliphatic rings. The van der Waals surface area contributed by atoms with E-state index in [2.05, 4.69) is 29.4 Å². The number of likely N-dealkylation sites (tertiary alicyclic amines) is 1. The van der Waals surface area contributed by atoms with Crippen LogP contribution in [0, 0.1) is 5.41 Å². The monoisotopic (exact) mass is 264 g/mol. The van der Waals surface area contributed by atoms with E-state index in [1.54, 1.807) is 0 Å². The zero-order valence-electron chi connectivity index (χ0n) is 12.8. The molecular weight excluding hydrogens is 232 g/mol. The van der Waals surface area contributed by atoms with Gasteiger partial charge < -0.3 is 10.2 Å². The molecule has 19 heavy (non-hydrogen) atoms. The van der Waals surface area contributed by atoms with Crippen molar-refractivity contribution in [1.82, 2.24) is 10.2 Å². The molecule has 1 unspecified atom stereocenters. The molecule has 2 heterocycles. The average Bonchev–Trinajstić information content (AvgIpc) is 2.89. The van der Waals surface area contributed by atoms with Crippen LogP contribution in [0.15, 0.2) is 12.3 Å². The van der Waals surface area contributed by atoms with Crippen molar-refractivity contribution in [3.05, 3.63) is 12.3 Å². The number of rotatable bonds is 7. The van der Waals surface area contributed by atoms with E-state index in [9.17, 15) is 0 Å². The molecule has 0 bridgehead atoms. The van der Waals surface area contributed by atoms with E-state index < -0.39 is 0 Å². The Bertz CT molecular complexity index is 260. The molecule has 0 amide bonds. The average molecular weight is 264 g/mol. The molecule has 0 aromatic rings. The van der Waals surface area contributed by atoms with Crippen LogP contribution < -0.4 is 5.32 Å². The van der Waals surface area contributed by atoms with Gasteiger partial charge >= 0.3 is 0 Å². The number of nitrogens with zero attached hydrogens (tertiary/aromatic N) is 1. The number of piperidine rings is 1. The molecule has 2 saturated heterocycles. The number of hydrogen-bond acceptors (Lipinski definition) is 2. The lowest BCUT2D eigenvalue weighted by Crippen LogP contribution is -2.26. The summed E-state index contributed by atoms with van der Waals surface area (Å²) < 4.78 is 0. The topological polar surface area (TPSA) is 15.3 Å². The fourth-order valence-electron chi connectivity index (χ4n) is 3.55. The standard InChI is InChI=1S/C17H32N2/c1-2-3-5-9-17(11-12-18-16-17)10-8-15-19-13-6-4-7-14-19/h8,15,18H,2-7,9-14,16H2,1H3. The Morgan fingerprint density at radius 1 is 1.16 bits per heavy atom. The number of unbranched alkanes of at least 4 members (excludes halogenated alkanes) is 2. The molecule has 0 aromatic heterocycles. The van der Waals surface area contributed by atoms with E-state index in [-0.39, 0.29) is 0 Å². The predicted octanol–water partition coefficient (Wildman–Crippen LogP) is 3.94. The summed E-state index contributed by atoms with van der Waals surface area (Å²) in [5, 5.41) is 3.58. The third-order valence-corrected chi connectivity index (χ3v) is 4.90. The molecule has 2 nitrogen and oxygen atoms in total. The van der Waals surface area contributed by atoms with Gasteiger partial charge in [-0.1, -0.05) is 32.3 Å². The summed E-state index contributed by atoms with van der Waals surface area (Å²) >= 11 is 0. The van der Waals surface area contributed by atoms with Crippen LogP contribution in [0.4, 0.5) is 0 Å². The molecule has 0 radical (unpaired) electrons. The van der Waals surface area contributed by atoms with Crippen molar-refractivity contribution < 1.29 is 0 Å². The van der Waals surface area contributed by atoms with Crippen LogP contribution in [0.5, 0.6) is 0 Å². The van der Waals surface area contributed by atoms with Crippen molar-refractivity contribution in [2.24, 2.45) is 5.41 Å². The molecule has 0 aliphatic carbocycles. The minimum atomic E-state index is 0.571. The molecule has 2 fully saturated rings. The quantitative estimate of drug-likeness (QED) is 0.701. The first kappa shape index (κ1) is 14.9. The maximum Gasteiger partial charge on any atom is 0.0172 e. The Balaban J connectivity index is 1.77. The predicted molar refractivity (Wildman–Crippen MR) is 83.2 cm³/mol. The Labute approximate surface area is 119 Å². The summed E-state index contributed by atoms with van der Waals surface area (Å²) in [7, 11) is 0. The van der Waals surface area contributed by atoms with Crippen molar-refractivity contribution in [2.45, 2.75) is 64.7 Å². The summed E-state index contributed by atoms with van der Waals surface area (Å²) in [4.78, 5) is 2.52. The second kappa shape index (κ2) is 7.94. The lowest BCUT2D eigenvalue weighted by Gasteiger charge is -2.28. The molecule has 2 aliphatic heterocycles. The van der Waals surface area contributed by atoms with E-state index >= 15 is 0 Å². The van der Waals surface area contributed by atoms with Gasteiger partial charge in [0.15, 0.2) is 0 Å². The van der Waals surface area contributed by atoms with E-state index in [0.717, 1.165) is 0 Å². The largest absolute Gasteiger partial charge is 0.378 e. The molecular formula is C17H32N2. The van der Waals surface area contributed by atoms with Gasteiger partial charge in [-0.25, -0.2) is 0 Å². The Morgan fingerprint density at radius 3 is 2.68 bits per heavy atom. The smallest absolute Gasteiger partial charge is 0.0172 e. The van der Waals surface area contributed by atoms with E-state index in [0.29, 0.717) is 5.41 Å². The first-order valence-corrected chi connectivity index (χ1v) is 8.46. The summed E-state index contributed by atoms with van der Waals surface area (Å²) in [6, 6.07) is 0. The van der Waals surface area contributed by atoms with Crippen LogP contribution in [0.3, 0.4) is 0 Å². The number of allylic oxidation sites excluding steroid dienone is 1. The van der Waals surface area contributed by atoms with E-state index in [1.807, 2.05) is 0 Å². The second-order valence-corrected chi connectivity index (χ2v) is 6.57. The first-order valence-electron chi connectivity index (χ1n) is 8.46. The zero-order chi connectivity index (χ0) is 13.4. The van der Waals surface area contributed by atoms with Crippen molar-refractivity contribution in [1.29, 1.82) is 0 Å². The van der Waals surface area contributed by atoms with Crippen LogP contribution >= 0.6 is 0 Å². The third kappa shape index (κ3) is 4.83. The number of nitrogens with one attached hydrogen (secondary N) is 1. The molecule has 2 rings (SSSR count). The van der Waals surface area contributed by atoms with Crippen molar-refractivity contribution >= 4 is 0 Å². The highest BCUT2D eigenvalue weighted by Crippen LogP contribution is 2.36. The van der Waals surface area contributed by atoms with Crippen molar-refractivity contribution in [3.63, 3.8) is 0 Å². The molecule has 0 aromatic carbocycles. The fraction of sp³-hybridized carbons (Fsp3) is 0.882. The van der Waals surface area contributed by atoms with Crippen molar-refractivity contribution in [3.8, 4) is 0 Å². The van der Waals surface area contributed by atoms with Gasteiger partial charge in [0.2, 0.25) is 0 Å². The summed E-state index contributed by atoms with van der Waals surface area (Å²) in [5.74, 6) is 0. The highest BCUT2D eigenvalue weighted by Gasteiger charge is 2.31. The summed E-state index contributed by atoms with van der Waals surface area (Å²) in [6.07, 6.45) is 17.3. The lowest BCUT2D eigenvalue weighted by atomic mass is 9.79. The Morgan fingerprint density at radius 2 is 2.00 bits per heavy atom. The Kier molecular flexibility index (Phi) is 6.22. The van der Waals surface area contributed by atoms with Crippen LogP contribution in [0.25, 0.3) is 0 Å². The molecule has 0 saturated carbocycles. The normalized spacial score (nSPS) is 28.4. The van der Waals surface area contributed by atoms with Crippen LogP contribution in [0.2, 0.25) is 0 Å². The molecule has 1 N–H and O–H groups in total. The van der Waals surface area contributed by atoms with Gasteiger partial charge in [-0.05, 0) is 56.7 Å². The maximum atomic E-state index is 3.58. The minimum Gasteiger partial charge on any atom is -0.378 e. The van der Waals surface area contributed by atoms with Gasteiger partial charge in [0.05, 0.1) is 0 Å². The fourth-order valence-corrected chi connectivity index (χ4v) is 3.55. The minimum absolute atomic E-state index is 0.571. The maximum absolute atomic E-state index is 3.58. The SMILES string of the molecule is CCCCCC1(CC=CN2CCCCC2)CCNC1. The van der Waals surface area contributed by atoms with Crippen molar-refractivity contribution in [2.75, 3.05) is 26.2 Å². The Hall–Kier alpha value is -0.500. The van der Waals surface area contributed by atoms with Gasteiger partial charge in [-0.3, -0.25) is 0 Å². The summed E-state index contributed by atoms with van der Waals surface area (Å²) in [6.45, 7) is 7.32. The second-order valence-electron chi connectivity index (χ2n) is 6.57. The van der Waals surface area contributed by atoms with Crippen LogP contribution in [0.1, 0.15) is 64.7 Å².